The zero-order valence-corrected chi connectivity index (χ0v) is 12.3. The summed E-state index contributed by atoms with van der Waals surface area (Å²) in [6.07, 6.45) is 6.01. The standard InChI is InChI=1S/C15H16N2O3S/c18-14(17-9-2-1-5-12(17)15(19)20)13-11(6-10-21-13)16-7-3-4-8-16/h3-4,6-8,10,12H,1-2,5,9H2,(H,19,20)/t12-/m1/s1. The van der Waals surface area contributed by atoms with E-state index in [4.69, 9.17) is 0 Å². The second-order valence-corrected chi connectivity index (χ2v) is 5.99. The van der Waals surface area contributed by atoms with E-state index >= 15 is 0 Å². The molecule has 0 spiro atoms. The quantitative estimate of drug-likeness (QED) is 0.948. The van der Waals surface area contributed by atoms with E-state index in [1.165, 1.54) is 16.2 Å². The minimum absolute atomic E-state index is 0.180. The number of hydrogen-bond donors (Lipinski definition) is 1. The molecule has 5 nitrogen and oxygen atoms in total. The third-order valence-electron chi connectivity index (χ3n) is 3.77. The summed E-state index contributed by atoms with van der Waals surface area (Å²) in [5, 5.41) is 11.2. The third-order valence-corrected chi connectivity index (χ3v) is 4.66. The number of aromatic nitrogens is 1. The number of carboxylic acid groups (broad SMARTS) is 1. The molecule has 0 radical (unpaired) electrons. The molecule has 0 saturated carbocycles. The number of hydrogen-bond acceptors (Lipinski definition) is 3. The first-order chi connectivity index (χ1) is 10.2. The first kappa shape index (κ1) is 13.9. The zero-order chi connectivity index (χ0) is 14.8. The van der Waals surface area contributed by atoms with E-state index in [0.717, 1.165) is 18.5 Å². The topological polar surface area (TPSA) is 62.5 Å². The van der Waals surface area contributed by atoms with Crippen LogP contribution in [0.2, 0.25) is 0 Å². The molecule has 0 aromatic carbocycles. The van der Waals surface area contributed by atoms with Crippen LogP contribution in [-0.2, 0) is 4.79 Å². The van der Waals surface area contributed by atoms with Crippen LogP contribution in [0, 0.1) is 0 Å². The van der Waals surface area contributed by atoms with Crippen LogP contribution in [0.1, 0.15) is 28.9 Å². The largest absolute Gasteiger partial charge is 0.480 e. The SMILES string of the molecule is O=C(O)[C@H]1CCCCN1C(=O)c1sccc1-n1cccc1. The van der Waals surface area contributed by atoms with Gasteiger partial charge in [0, 0.05) is 18.9 Å². The smallest absolute Gasteiger partial charge is 0.326 e. The molecule has 3 rings (SSSR count). The Morgan fingerprint density at radius 1 is 1.24 bits per heavy atom. The van der Waals surface area contributed by atoms with E-state index in [1.54, 1.807) is 0 Å². The fraction of sp³-hybridized carbons (Fsp3) is 0.333. The normalized spacial score (nSPS) is 18.7. The number of carbonyl (C=O) groups excluding carboxylic acids is 1. The Bertz CT molecular complexity index is 648. The predicted octanol–water partition coefficient (Wildman–Crippen LogP) is 2.62. The molecule has 21 heavy (non-hydrogen) atoms. The van der Waals surface area contributed by atoms with Crippen LogP contribution in [0.4, 0.5) is 0 Å². The lowest BCUT2D eigenvalue weighted by Crippen LogP contribution is -2.47. The molecule has 1 saturated heterocycles. The summed E-state index contributed by atoms with van der Waals surface area (Å²) in [5.74, 6) is -1.09. The van der Waals surface area contributed by atoms with Gasteiger partial charge in [-0.3, -0.25) is 4.79 Å². The highest BCUT2D eigenvalue weighted by atomic mass is 32.1. The minimum atomic E-state index is -0.915. The van der Waals surface area contributed by atoms with Crippen molar-refractivity contribution in [1.82, 2.24) is 9.47 Å². The summed E-state index contributed by atoms with van der Waals surface area (Å²) < 4.78 is 1.88. The Morgan fingerprint density at radius 2 is 2.00 bits per heavy atom. The molecule has 1 atom stereocenters. The van der Waals surface area contributed by atoms with Gasteiger partial charge >= 0.3 is 5.97 Å². The van der Waals surface area contributed by atoms with Crippen LogP contribution in [0.25, 0.3) is 5.69 Å². The number of piperidine rings is 1. The number of rotatable bonds is 3. The van der Waals surface area contributed by atoms with Crippen molar-refractivity contribution in [3.8, 4) is 5.69 Å². The minimum Gasteiger partial charge on any atom is -0.480 e. The van der Waals surface area contributed by atoms with E-state index in [1.807, 2.05) is 40.5 Å². The number of carboxylic acids is 1. The highest BCUT2D eigenvalue weighted by molar-refractivity contribution is 7.12. The first-order valence-corrected chi connectivity index (χ1v) is 7.81. The third kappa shape index (κ3) is 2.58. The van der Waals surface area contributed by atoms with Crippen LogP contribution in [0.3, 0.4) is 0 Å². The number of thiophene rings is 1. The summed E-state index contributed by atoms with van der Waals surface area (Å²) in [7, 11) is 0. The Balaban J connectivity index is 1.92. The van der Waals surface area contributed by atoms with Gasteiger partial charge in [-0.1, -0.05) is 0 Å². The average Bonchev–Trinajstić information content (AvgIpc) is 3.16. The molecule has 6 heteroatoms. The van der Waals surface area contributed by atoms with Gasteiger partial charge in [-0.05, 0) is 42.8 Å². The van der Waals surface area contributed by atoms with Gasteiger partial charge in [0.05, 0.1) is 5.69 Å². The number of carbonyl (C=O) groups is 2. The fourth-order valence-corrected chi connectivity index (χ4v) is 3.57. The maximum absolute atomic E-state index is 12.8. The Labute approximate surface area is 126 Å². The number of nitrogens with zero attached hydrogens (tertiary/aromatic N) is 2. The zero-order valence-electron chi connectivity index (χ0n) is 11.4. The molecular weight excluding hydrogens is 288 g/mol. The average molecular weight is 304 g/mol. The first-order valence-electron chi connectivity index (χ1n) is 6.93. The van der Waals surface area contributed by atoms with Crippen molar-refractivity contribution in [3.63, 3.8) is 0 Å². The Hall–Kier alpha value is -2.08. The van der Waals surface area contributed by atoms with Gasteiger partial charge in [0.2, 0.25) is 0 Å². The molecule has 1 fully saturated rings. The molecule has 1 aliphatic heterocycles. The van der Waals surface area contributed by atoms with Crippen LogP contribution in [0.15, 0.2) is 36.0 Å². The van der Waals surface area contributed by atoms with Crippen LogP contribution in [-0.4, -0.2) is 39.0 Å². The van der Waals surface area contributed by atoms with Crippen molar-refractivity contribution in [2.45, 2.75) is 25.3 Å². The predicted molar refractivity (Wildman–Crippen MR) is 80.0 cm³/mol. The highest BCUT2D eigenvalue weighted by Gasteiger charge is 2.33. The van der Waals surface area contributed by atoms with Crippen molar-refractivity contribution < 1.29 is 14.7 Å². The van der Waals surface area contributed by atoms with Crippen molar-refractivity contribution in [2.75, 3.05) is 6.54 Å². The van der Waals surface area contributed by atoms with E-state index in [0.29, 0.717) is 17.8 Å². The summed E-state index contributed by atoms with van der Waals surface area (Å²) in [5.41, 5.74) is 0.810. The van der Waals surface area contributed by atoms with Crippen molar-refractivity contribution in [3.05, 3.63) is 40.8 Å². The maximum Gasteiger partial charge on any atom is 0.326 e. The van der Waals surface area contributed by atoms with E-state index in [-0.39, 0.29) is 5.91 Å². The molecule has 2 aromatic rings. The Kier molecular flexibility index (Phi) is 3.79. The molecular formula is C15H16N2O3S. The fourth-order valence-electron chi connectivity index (χ4n) is 2.72. The van der Waals surface area contributed by atoms with E-state index in [9.17, 15) is 14.7 Å². The molecule has 1 amide bonds. The molecule has 1 N–H and O–H groups in total. The lowest BCUT2D eigenvalue weighted by atomic mass is 10.0. The lowest BCUT2D eigenvalue weighted by Gasteiger charge is -2.32. The molecule has 110 valence electrons. The van der Waals surface area contributed by atoms with Gasteiger partial charge in [-0.15, -0.1) is 11.3 Å². The van der Waals surface area contributed by atoms with Gasteiger partial charge in [-0.2, -0.15) is 0 Å². The molecule has 3 heterocycles. The highest BCUT2D eigenvalue weighted by Crippen LogP contribution is 2.26. The van der Waals surface area contributed by atoms with E-state index in [2.05, 4.69) is 0 Å². The molecule has 2 aromatic heterocycles. The second kappa shape index (κ2) is 5.73. The van der Waals surface area contributed by atoms with Crippen LogP contribution in [0.5, 0.6) is 0 Å². The summed E-state index contributed by atoms with van der Waals surface area (Å²) in [6.45, 7) is 0.513. The number of likely N-dealkylation sites (tertiary alicyclic amines) is 1. The summed E-state index contributed by atoms with van der Waals surface area (Å²) >= 11 is 1.36. The van der Waals surface area contributed by atoms with Gasteiger partial charge in [-0.25, -0.2) is 4.79 Å². The molecule has 0 unspecified atom stereocenters. The van der Waals surface area contributed by atoms with Gasteiger partial charge < -0.3 is 14.6 Å². The number of aliphatic carboxylic acids is 1. The maximum atomic E-state index is 12.8. The van der Waals surface area contributed by atoms with Gasteiger partial charge in [0.25, 0.3) is 5.91 Å². The van der Waals surface area contributed by atoms with Crippen LogP contribution >= 0.6 is 11.3 Å². The van der Waals surface area contributed by atoms with Crippen LogP contribution < -0.4 is 0 Å². The second-order valence-electron chi connectivity index (χ2n) is 5.07. The van der Waals surface area contributed by atoms with Gasteiger partial charge in [0.15, 0.2) is 0 Å². The molecule has 1 aliphatic rings. The van der Waals surface area contributed by atoms with Gasteiger partial charge in [0.1, 0.15) is 10.9 Å². The van der Waals surface area contributed by atoms with Crippen molar-refractivity contribution in [2.24, 2.45) is 0 Å². The monoisotopic (exact) mass is 304 g/mol. The number of amides is 1. The summed E-state index contributed by atoms with van der Waals surface area (Å²) in [4.78, 5) is 26.2. The van der Waals surface area contributed by atoms with E-state index < -0.39 is 12.0 Å². The Morgan fingerprint density at radius 3 is 2.71 bits per heavy atom. The molecule has 0 bridgehead atoms. The summed E-state index contributed by atoms with van der Waals surface area (Å²) in [6, 6.07) is 4.98. The van der Waals surface area contributed by atoms with Crippen molar-refractivity contribution in [1.29, 1.82) is 0 Å². The van der Waals surface area contributed by atoms with Crippen molar-refractivity contribution >= 4 is 23.2 Å². The lowest BCUT2D eigenvalue weighted by molar-refractivity contribution is -0.143. The molecule has 0 aliphatic carbocycles.